The highest BCUT2D eigenvalue weighted by atomic mass is 16.5. The van der Waals surface area contributed by atoms with E-state index in [-0.39, 0.29) is 0 Å². The van der Waals surface area contributed by atoms with Gasteiger partial charge in [-0.15, -0.1) is 0 Å². The lowest BCUT2D eigenvalue weighted by atomic mass is 10.0. The van der Waals surface area contributed by atoms with Crippen LogP contribution in [0.4, 0.5) is 11.4 Å². The Bertz CT molecular complexity index is 1090. The number of para-hydroxylation sites is 1. The van der Waals surface area contributed by atoms with Crippen LogP contribution in [0.3, 0.4) is 0 Å². The van der Waals surface area contributed by atoms with Crippen molar-refractivity contribution in [3.05, 3.63) is 64.8 Å². The van der Waals surface area contributed by atoms with E-state index in [0.717, 1.165) is 33.5 Å². The molecule has 0 spiro atoms. The van der Waals surface area contributed by atoms with Gasteiger partial charge in [0, 0.05) is 22.8 Å². The molecule has 0 aliphatic carbocycles. The van der Waals surface area contributed by atoms with Gasteiger partial charge in [-0.3, -0.25) is 4.98 Å². The molecule has 2 heterocycles. The zero-order valence-corrected chi connectivity index (χ0v) is 14.8. The van der Waals surface area contributed by atoms with Crippen molar-refractivity contribution in [2.45, 2.75) is 27.7 Å². The van der Waals surface area contributed by atoms with E-state index in [0.29, 0.717) is 22.9 Å². The number of pyridine rings is 1. The summed E-state index contributed by atoms with van der Waals surface area (Å²) in [4.78, 5) is 5.95. The molecular formula is C22H22N2O. The smallest absolute Gasteiger partial charge is 0.160 e. The highest BCUT2D eigenvalue weighted by Crippen LogP contribution is 2.51. The Labute approximate surface area is 153 Å². The number of fused-ring (bicyclic) bond motifs is 2. The molecule has 2 aromatic carbocycles. The Morgan fingerprint density at radius 3 is 2.48 bits per heavy atom. The van der Waals surface area contributed by atoms with Crippen molar-refractivity contribution in [3.8, 4) is 22.8 Å². The van der Waals surface area contributed by atoms with E-state index in [1.54, 1.807) is 6.07 Å². The highest BCUT2D eigenvalue weighted by molar-refractivity contribution is 5.86. The van der Waals surface area contributed by atoms with Gasteiger partial charge in [-0.1, -0.05) is 12.1 Å². The minimum atomic E-state index is -2.34. The van der Waals surface area contributed by atoms with Crippen LogP contribution >= 0.6 is 0 Å². The molecule has 0 fully saturated rings. The zero-order valence-electron chi connectivity index (χ0n) is 17.8. The summed E-state index contributed by atoms with van der Waals surface area (Å²) in [6.07, 6.45) is 1.83. The molecule has 25 heavy (non-hydrogen) atoms. The van der Waals surface area contributed by atoms with Gasteiger partial charge in [0.15, 0.2) is 11.5 Å². The fourth-order valence-corrected chi connectivity index (χ4v) is 3.09. The molecule has 3 aromatic rings. The standard InChI is InChI=1S/C22H22N2O/c1-13-9-10-20-21(16(13)4)25-22-17(7-6-8-19(22)24(20)5)18-11-14(2)15(3)12-23-18/h6-12H,1-5H3/i5D3. The molecule has 1 aliphatic heterocycles. The molecule has 3 heteroatoms. The van der Waals surface area contributed by atoms with Gasteiger partial charge >= 0.3 is 0 Å². The van der Waals surface area contributed by atoms with E-state index in [1.165, 1.54) is 4.90 Å². The van der Waals surface area contributed by atoms with Crippen LogP contribution in [0.1, 0.15) is 26.4 Å². The summed E-state index contributed by atoms with van der Waals surface area (Å²) in [6, 6.07) is 11.3. The number of hydrogen-bond acceptors (Lipinski definition) is 3. The number of ether oxygens (including phenoxy) is 1. The van der Waals surface area contributed by atoms with Gasteiger partial charge in [-0.2, -0.15) is 0 Å². The largest absolute Gasteiger partial charge is 0.452 e. The van der Waals surface area contributed by atoms with E-state index in [9.17, 15) is 0 Å². The molecule has 1 aromatic heterocycles. The van der Waals surface area contributed by atoms with Gasteiger partial charge in [0.1, 0.15) is 0 Å². The second-order valence-corrected chi connectivity index (χ2v) is 6.60. The third-order valence-corrected chi connectivity index (χ3v) is 4.98. The predicted molar refractivity (Wildman–Crippen MR) is 103 cm³/mol. The summed E-state index contributed by atoms with van der Waals surface area (Å²) in [5, 5.41) is 0. The van der Waals surface area contributed by atoms with Crippen LogP contribution in [-0.2, 0) is 0 Å². The molecule has 0 unspecified atom stereocenters. The van der Waals surface area contributed by atoms with Crippen molar-refractivity contribution in [2.24, 2.45) is 0 Å². The molecule has 0 saturated heterocycles. The van der Waals surface area contributed by atoms with Crippen LogP contribution in [0, 0.1) is 27.7 Å². The normalized spacial score (nSPS) is 14.7. The van der Waals surface area contributed by atoms with Gasteiger partial charge in [-0.05, 0) is 74.2 Å². The van der Waals surface area contributed by atoms with Crippen LogP contribution in [0.5, 0.6) is 11.5 Å². The van der Waals surface area contributed by atoms with Gasteiger partial charge < -0.3 is 9.64 Å². The molecular weight excluding hydrogens is 308 g/mol. The summed E-state index contributed by atoms with van der Waals surface area (Å²) in [5.41, 5.74) is 6.83. The van der Waals surface area contributed by atoms with Crippen LogP contribution < -0.4 is 9.64 Å². The van der Waals surface area contributed by atoms with E-state index in [1.807, 2.05) is 64.2 Å². The van der Waals surface area contributed by atoms with Crippen LogP contribution in [0.15, 0.2) is 42.6 Å². The number of aromatic nitrogens is 1. The summed E-state index contributed by atoms with van der Waals surface area (Å²) >= 11 is 0. The van der Waals surface area contributed by atoms with Crippen molar-refractivity contribution >= 4 is 11.4 Å². The first-order chi connectivity index (χ1) is 13.2. The van der Waals surface area contributed by atoms with Crippen molar-refractivity contribution in [2.75, 3.05) is 11.9 Å². The fraction of sp³-hybridized carbons (Fsp3) is 0.227. The van der Waals surface area contributed by atoms with Gasteiger partial charge in [0.2, 0.25) is 0 Å². The van der Waals surface area contributed by atoms with E-state index in [2.05, 4.69) is 4.98 Å². The van der Waals surface area contributed by atoms with Crippen LogP contribution in [0.2, 0.25) is 0 Å². The Morgan fingerprint density at radius 2 is 1.72 bits per heavy atom. The lowest BCUT2D eigenvalue weighted by Crippen LogP contribution is -2.17. The Hall–Kier alpha value is -2.81. The lowest BCUT2D eigenvalue weighted by molar-refractivity contribution is 0.473. The molecule has 0 radical (unpaired) electrons. The molecule has 3 nitrogen and oxygen atoms in total. The number of nitrogens with zero attached hydrogens (tertiary/aromatic N) is 2. The average Bonchev–Trinajstić information content (AvgIpc) is 2.64. The average molecular weight is 333 g/mol. The molecule has 0 saturated carbocycles. The SMILES string of the molecule is [2H]C([2H])([2H])N1c2cccc(-c3cc(C)c(C)cn3)c2Oc2c1ccc(C)c2C. The fourth-order valence-electron chi connectivity index (χ4n) is 3.09. The monoisotopic (exact) mass is 333 g/mol. The van der Waals surface area contributed by atoms with Crippen LogP contribution in [0.25, 0.3) is 11.3 Å². The summed E-state index contributed by atoms with van der Waals surface area (Å²) in [5.74, 6) is 1.11. The van der Waals surface area contributed by atoms with Crippen molar-refractivity contribution in [3.63, 3.8) is 0 Å². The second kappa shape index (κ2) is 5.62. The van der Waals surface area contributed by atoms with Crippen LogP contribution in [-0.4, -0.2) is 12.0 Å². The molecule has 0 amide bonds. The van der Waals surface area contributed by atoms with E-state index >= 15 is 0 Å². The number of aryl methyl sites for hydroxylation is 3. The Morgan fingerprint density at radius 1 is 0.920 bits per heavy atom. The first-order valence-corrected chi connectivity index (χ1v) is 8.33. The Kier molecular flexibility index (Phi) is 2.82. The number of anilines is 2. The topological polar surface area (TPSA) is 25.4 Å². The second-order valence-electron chi connectivity index (χ2n) is 6.60. The van der Waals surface area contributed by atoms with Crippen molar-refractivity contribution in [1.82, 2.24) is 4.98 Å². The maximum absolute atomic E-state index is 8.14. The maximum Gasteiger partial charge on any atom is 0.160 e. The molecule has 0 N–H and O–H groups in total. The molecule has 0 bridgehead atoms. The molecule has 1 aliphatic rings. The lowest BCUT2D eigenvalue weighted by Gasteiger charge is -2.32. The third-order valence-electron chi connectivity index (χ3n) is 4.98. The number of rotatable bonds is 1. The summed E-state index contributed by atoms with van der Waals surface area (Å²) in [7, 11) is 0. The number of hydrogen-bond donors (Lipinski definition) is 0. The van der Waals surface area contributed by atoms with E-state index < -0.39 is 6.98 Å². The van der Waals surface area contributed by atoms with Gasteiger partial charge in [0.25, 0.3) is 0 Å². The van der Waals surface area contributed by atoms with E-state index in [4.69, 9.17) is 8.85 Å². The van der Waals surface area contributed by atoms with Gasteiger partial charge in [-0.25, -0.2) is 0 Å². The van der Waals surface area contributed by atoms with Crippen molar-refractivity contribution in [1.29, 1.82) is 0 Å². The third kappa shape index (κ3) is 2.39. The molecule has 126 valence electrons. The Balaban J connectivity index is 1.99. The first-order valence-electron chi connectivity index (χ1n) is 9.83. The summed E-state index contributed by atoms with van der Waals surface area (Å²) < 4.78 is 30.8. The zero-order chi connectivity index (χ0) is 20.2. The first kappa shape index (κ1) is 12.5. The quantitative estimate of drug-likeness (QED) is 0.558. The molecule has 0 atom stereocenters. The predicted octanol–water partition coefficient (Wildman–Crippen LogP) is 5.86. The highest BCUT2D eigenvalue weighted by Gasteiger charge is 2.26. The maximum atomic E-state index is 8.14. The van der Waals surface area contributed by atoms with Gasteiger partial charge in [0.05, 0.1) is 17.1 Å². The number of benzene rings is 2. The van der Waals surface area contributed by atoms with Crippen molar-refractivity contribution < 1.29 is 8.85 Å². The summed E-state index contributed by atoms with van der Waals surface area (Å²) in [6.45, 7) is 5.65. The minimum Gasteiger partial charge on any atom is -0.452 e. The molecule has 4 rings (SSSR count). The minimum absolute atomic E-state index is 0.522.